The average molecular weight is 260 g/mol. The number of ether oxygens (including phenoxy) is 2. The summed E-state index contributed by atoms with van der Waals surface area (Å²) in [7, 11) is 0. The van der Waals surface area contributed by atoms with Crippen LogP contribution in [0.4, 0.5) is 0 Å². The zero-order chi connectivity index (χ0) is 13.5. The molecule has 0 unspecified atom stereocenters. The van der Waals surface area contributed by atoms with Gasteiger partial charge in [-0.1, -0.05) is 0 Å². The van der Waals surface area contributed by atoms with E-state index >= 15 is 0 Å². The molecule has 1 aromatic rings. The van der Waals surface area contributed by atoms with Crippen LogP contribution in [0, 0.1) is 0 Å². The predicted molar refractivity (Wildman–Crippen MR) is 73.0 cm³/mol. The summed E-state index contributed by atoms with van der Waals surface area (Å²) in [4.78, 5) is 12.0. The van der Waals surface area contributed by atoms with E-state index in [4.69, 9.17) is 9.47 Å². The van der Waals surface area contributed by atoms with Crippen LogP contribution in [-0.4, -0.2) is 17.5 Å². The van der Waals surface area contributed by atoms with Gasteiger partial charge in [-0.15, -0.1) is 0 Å². The van der Waals surface area contributed by atoms with E-state index < -0.39 is 5.60 Å². The van der Waals surface area contributed by atoms with Gasteiger partial charge in [0.2, 0.25) is 0 Å². The summed E-state index contributed by atoms with van der Waals surface area (Å²) in [6, 6.07) is 5.58. The van der Waals surface area contributed by atoms with Crippen molar-refractivity contribution < 1.29 is 14.3 Å². The minimum Gasteiger partial charge on any atom is -0.490 e. The number of carbonyl (C=O) groups excluding carboxylic acids is 1. The second-order valence-corrected chi connectivity index (χ2v) is 6.14. The third kappa shape index (κ3) is 2.60. The number of rotatable bonds is 2. The Labute approximate surface area is 113 Å². The van der Waals surface area contributed by atoms with E-state index in [1.54, 1.807) is 0 Å². The van der Waals surface area contributed by atoms with E-state index in [9.17, 15) is 4.79 Å². The molecule has 0 amide bonds. The Balaban J connectivity index is 1.84. The molecule has 2 aliphatic rings. The second-order valence-electron chi connectivity index (χ2n) is 6.14. The van der Waals surface area contributed by atoms with Crippen molar-refractivity contribution in [1.29, 1.82) is 0 Å². The minimum absolute atomic E-state index is 0.152. The van der Waals surface area contributed by atoms with E-state index in [-0.39, 0.29) is 5.78 Å². The lowest BCUT2D eigenvalue weighted by atomic mass is 9.93. The van der Waals surface area contributed by atoms with Gasteiger partial charge in [-0.05, 0) is 51.7 Å². The lowest BCUT2D eigenvalue weighted by Crippen LogP contribution is -2.35. The van der Waals surface area contributed by atoms with Crippen molar-refractivity contribution in [2.75, 3.05) is 0 Å². The van der Waals surface area contributed by atoms with E-state index in [1.165, 1.54) is 12.8 Å². The number of hydrogen-bond donors (Lipinski definition) is 0. The molecule has 3 heteroatoms. The Morgan fingerprint density at radius 2 is 2.00 bits per heavy atom. The molecule has 0 bridgehead atoms. The van der Waals surface area contributed by atoms with Crippen LogP contribution in [-0.2, 0) is 0 Å². The highest BCUT2D eigenvalue weighted by atomic mass is 16.5. The molecule has 0 N–H and O–H groups in total. The summed E-state index contributed by atoms with van der Waals surface area (Å²) in [6.45, 7) is 3.89. The molecule has 0 atom stereocenters. The predicted octanol–water partition coefficient (Wildman–Crippen LogP) is 3.75. The zero-order valence-electron chi connectivity index (χ0n) is 11.6. The van der Waals surface area contributed by atoms with Gasteiger partial charge in [0.05, 0.1) is 18.1 Å². The minimum atomic E-state index is -0.421. The lowest BCUT2D eigenvalue weighted by Gasteiger charge is -2.31. The van der Waals surface area contributed by atoms with Gasteiger partial charge >= 0.3 is 0 Å². The van der Waals surface area contributed by atoms with E-state index in [2.05, 4.69) is 0 Å². The maximum Gasteiger partial charge on any atom is 0.170 e. The number of ketones is 1. The molecular weight excluding hydrogens is 240 g/mol. The van der Waals surface area contributed by atoms with Crippen LogP contribution in [0.25, 0.3) is 0 Å². The highest BCUT2D eigenvalue weighted by molar-refractivity contribution is 6.00. The molecule has 0 radical (unpaired) electrons. The summed E-state index contributed by atoms with van der Waals surface area (Å²) < 4.78 is 11.8. The SMILES string of the molecule is CC1(C)CC(=O)c2ccc(OC3CCCC3)cc2O1. The quantitative estimate of drug-likeness (QED) is 0.812. The molecule has 1 saturated carbocycles. The molecule has 1 aliphatic carbocycles. The van der Waals surface area contributed by atoms with Gasteiger partial charge < -0.3 is 9.47 Å². The highest BCUT2D eigenvalue weighted by Crippen LogP contribution is 2.36. The molecule has 3 nitrogen and oxygen atoms in total. The summed E-state index contributed by atoms with van der Waals surface area (Å²) in [5, 5.41) is 0. The van der Waals surface area contributed by atoms with Crippen molar-refractivity contribution in [1.82, 2.24) is 0 Å². The number of benzene rings is 1. The van der Waals surface area contributed by atoms with E-state index in [1.807, 2.05) is 32.0 Å². The van der Waals surface area contributed by atoms with E-state index in [0.29, 0.717) is 23.8 Å². The van der Waals surface area contributed by atoms with Crippen LogP contribution in [0.5, 0.6) is 11.5 Å². The van der Waals surface area contributed by atoms with Crippen LogP contribution < -0.4 is 9.47 Å². The molecule has 19 heavy (non-hydrogen) atoms. The fraction of sp³-hybridized carbons (Fsp3) is 0.562. The average Bonchev–Trinajstić information content (AvgIpc) is 2.79. The smallest absolute Gasteiger partial charge is 0.170 e. The van der Waals surface area contributed by atoms with Crippen molar-refractivity contribution >= 4 is 5.78 Å². The van der Waals surface area contributed by atoms with Crippen molar-refractivity contribution in [3.05, 3.63) is 23.8 Å². The van der Waals surface area contributed by atoms with Gasteiger partial charge in [0.1, 0.15) is 17.1 Å². The zero-order valence-corrected chi connectivity index (χ0v) is 11.6. The van der Waals surface area contributed by atoms with Crippen molar-refractivity contribution in [2.24, 2.45) is 0 Å². The fourth-order valence-electron chi connectivity index (χ4n) is 2.91. The third-order valence-electron chi connectivity index (χ3n) is 3.83. The summed E-state index contributed by atoms with van der Waals surface area (Å²) in [5.41, 5.74) is 0.258. The highest BCUT2D eigenvalue weighted by Gasteiger charge is 2.32. The summed E-state index contributed by atoms with van der Waals surface area (Å²) in [5.74, 6) is 1.63. The standard InChI is InChI=1S/C16H20O3/c1-16(2)10-14(17)13-8-7-12(9-15(13)19-16)18-11-5-3-4-6-11/h7-9,11H,3-6,10H2,1-2H3. The number of Topliss-reactive ketones (excluding diaryl/α,β-unsaturated/α-hetero) is 1. The first-order valence-electron chi connectivity index (χ1n) is 7.06. The number of hydrogen-bond acceptors (Lipinski definition) is 3. The van der Waals surface area contributed by atoms with Gasteiger partial charge in [-0.2, -0.15) is 0 Å². The second kappa shape index (κ2) is 4.55. The van der Waals surface area contributed by atoms with Gasteiger partial charge in [-0.3, -0.25) is 4.79 Å². The van der Waals surface area contributed by atoms with E-state index in [0.717, 1.165) is 18.6 Å². The topological polar surface area (TPSA) is 35.5 Å². The Bertz CT molecular complexity index is 499. The van der Waals surface area contributed by atoms with Crippen molar-refractivity contribution in [3.8, 4) is 11.5 Å². The normalized spacial score (nSPS) is 21.9. The largest absolute Gasteiger partial charge is 0.490 e. The van der Waals surface area contributed by atoms with Gasteiger partial charge in [0.25, 0.3) is 0 Å². The molecule has 1 fully saturated rings. The van der Waals surface area contributed by atoms with Gasteiger partial charge in [0, 0.05) is 6.07 Å². The first-order chi connectivity index (χ1) is 9.03. The molecule has 1 heterocycles. The number of fused-ring (bicyclic) bond motifs is 1. The van der Waals surface area contributed by atoms with Gasteiger partial charge in [-0.25, -0.2) is 0 Å². The summed E-state index contributed by atoms with van der Waals surface area (Å²) in [6.07, 6.45) is 5.51. The Morgan fingerprint density at radius 1 is 1.26 bits per heavy atom. The Hall–Kier alpha value is -1.51. The first-order valence-corrected chi connectivity index (χ1v) is 7.06. The van der Waals surface area contributed by atoms with Crippen LogP contribution in [0.3, 0.4) is 0 Å². The maximum atomic E-state index is 12.0. The molecular formula is C16H20O3. The summed E-state index contributed by atoms with van der Waals surface area (Å²) >= 11 is 0. The molecule has 0 aromatic heterocycles. The van der Waals surface area contributed by atoms with Crippen LogP contribution in [0.15, 0.2) is 18.2 Å². The maximum absolute atomic E-state index is 12.0. The fourth-order valence-corrected chi connectivity index (χ4v) is 2.91. The van der Waals surface area contributed by atoms with Crippen LogP contribution in [0.1, 0.15) is 56.3 Å². The van der Waals surface area contributed by atoms with Crippen LogP contribution >= 0.6 is 0 Å². The molecule has 0 saturated heterocycles. The van der Waals surface area contributed by atoms with Crippen LogP contribution in [0.2, 0.25) is 0 Å². The number of carbonyl (C=O) groups is 1. The molecule has 1 aliphatic heterocycles. The first kappa shape index (κ1) is 12.5. The van der Waals surface area contributed by atoms with Crippen molar-refractivity contribution in [2.45, 2.75) is 57.7 Å². The van der Waals surface area contributed by atoms with Crippen molar-refractivity contribution in [3.63, 3.8) is 0 Å². The molecule has 0 spiro atoms. The molecule has 3 rings (SSSR count). The third-order valence-corrected chi connectivity index (χ3v) is 3.83. The monoisotopic (exact) mass is 260 g/mol. The Morgan fingerprint density at radius 3 is 2.74 bits per heavy atom. The lowest BCUT2D eigenvalue weighted by molar-refractivity contribution is 0.0617. The Kier molecular flexibility index (Phi) is 3.00. The molecule has 1 aromatic carbocycles. The molecule has 102 valence electrons. The van der Waals surface area contributed by atoms with Gasteiger partial charge in [0.15, 0.2) is 5.78 Å².